The van der Waals surface area contributed by atoms with Crippen LogP contribution in [0.1, 0.15) is 0 Å². The molecule has 0 spiro atoms. The molecule has 0 saturated heterocycles. The van der Waals surface area contributed by atoms with Crippen LogP contribution in [-0.2, 0) is 0 Å². The summed E-state index contributed by atoms with van der Waals surface area (Å²) < 4.78 is 102. The minimum atomic E-state index is -1.09. The van der Waals surface area contributed by atoms with Crippen LogP contribution in [0.5, 0.6) is 11.5 Å². The van der Waals surface area contributed by atoms with Gasteiger partial charge in [-0.05, 0) is 22.9 Å². The average Bonchev–Trinajstić information content (AvgIpc) is 2.85. The maximum absolute atomic E-state index is 15.4. The fourth-order valence-corrected chi connectivity index (χ4v) is 4.56. The summed E-state index contributed by atoms with van der Waals surface area (Å²) in [4.78, 5) is 0. The zero-order valence-corrected chi connectivity index (χ0v) is 18.9. The van der Waals surface area contributed by atoms with Crippen LogP contribution in [0.25, 0.3) is 43.8 Å². The molecule has 0 amide bonds. The molecule has 0 fully saturated rings. The molecule has 182 valence electrons. The number of methoxy groups -OCH3 is 2. The molecular weight excluding hydrogens is 482 g/mol. The van der Waals surface area contributed by atoms with Crippen molar-refractivity contribution in [3.63, 3.8) is 0 Å². The summed E-state index contributed by atoms with van der Waals surface area (Å²) in [5, 5.41) is -0.938. The molecule has 0 radical (unpaired) electrons. The monoisotopic (exact) mass is 498 g/mol. The molecule has 5 aromatic rings. The Morgan fingerprint density at radius 1 is 0.444 bits per heavy atom. The van der Waals surface area contributed by atoms with Crippen molar-refractivity contribution in [3.05, 3.63) is 95.6 Å². The van der Waals surface area contributed by atoms with Gasteiger partial charge in [0.2, 0.25) is 0 Å². The van der Waals surface area contributed by atoms with Gasteiger partial charge >= 0.3 is 0 Å². The highest BCUT2D eigenvalue weighted by Crippen LogP contribution is 2.48. The van der Waals surface area contributed by atoms with Gasteiger partial charge in [0.05, 0.1) is 25.3 Å². The summed E-state index contributed by atoms with van der Waals surface area (Å²) in [6.45, 7) is 0. The van der Waals surface area contributed by atoms with Crippen LogP contribution in [0.2, 0.25) is 0 Å². The number of hydrogen-bond donors (Lipinski definition) is 0. The molecule has 0 aliphatic carbocycles. The molecule has 0 unspecified atom stereocenters. The number of benzene rings is 5. The van der Waals surface area contributed by atoms with E-state index in [0.717, 1.165) is 36.4 Å². The van der Waals surface area contributed by atoms with Crippen LogP contribution in [0.3, 0.4) is 0 Å². The van der Waals surface area contributed by atoms with Crippen molar-refractivity contribution in [3.8, 4) is 33.8 Å². The second-order valence-electron chi connectivity index (χ2n) is 8.01. The van der Waals surface area contributed by atoms with Crippen molar-refractivity contribution in [2.24, 2.45) is 0 Å². The fraction of sp³-hybridized carbons (Fsp3) is 0.0714. The minimum absolute atomic E-state index is 0.0575. The van der Waals surface area contributed by atoms with E-state index in [1.807, 2.05) is 0 Å². The van der Waals surface area contributed by atoms with E-state index < -0.39 is 56.8 Å². The molecule has 5 rings (SSSR count). The van der Waals surface area contributed by atoms with Crippen LogP contribution >= 0.6 is 0 Å². The molecule has 0 aliphatic heterocycles. The third-order valence-corrected chi connectivity index (χ3v) is 6.07. The Kier molecular flexibility index (Phi) is 5.74. The van der Waals surface area contributed by atoms with Gasteiger partial charge in [0, 0.05) is 46.2 Å². The van der Waals surface area contributed by atoms with E-state index >= 15 is 26.3 Å². The Morgan fingerprint density at radius 3 is 1.08 bits per heavy atom. The number of rotatable bonds is 4. The molecule has 0 heterocycles. The van der Waals surface area contributed by atoms with Crippen LogP contribution in [0.15, 0.2) is 60.7 Å². The van der Waals surface area contributed by atoms with Crippen molar-refractivity contribution in [1.29, 1.82) is 0 Å². The maximum atomic E-state index is 15.4. The Labute approximate surface area is 201 Å². The molecule has 36 heavy (non-hydrogen) atoms. The summed E-state index contributed by atoms with van der Waals surface area (Å²) in [6, 6.07) is 11.1. The molecule has 0 bridgehead atoms. The van der Waals surface area contributed by atoms with E-state index in [1.54, 1.807) is 0 Å². The molecule has 0 atom stereocenters. The lowest BCUT2D eigenvalue weighted by Crippen LogP contribution is -2.01. The second-order valence-corrected chi connectivity index (χ2v) is 8.01. The quantitative estimate of drug-likeness (QED) is 0.184. The van der Waals surface area contributed by atoms with Crippen LogP contribution in [-0.4, -0.2) is 14.2 Å². The third kappa shape index (κ3) is 3.52. The lowest BCUT2D eigenvalue weighted by molar-refractivity contribution is 0.407. The van der Waals surface area contributed by atoms with E-state index in [-0.39, 0.29) is 33.4 Å². The van der Waals surface area contributed by atoms with Gasteiger partial charge in [-0.15, -0.1) is 0 Å². The van der Waals surface area contributed by atoms with Gasteiger partial charge in [0.25, 0.3) is 0 Å². The van der Waals surface area contributed by atoms with Crippen molar-refractivity contribution >= 4 is 21.5 Å². The van der Waals surface area contributed by atoms with Crippen molar-refractivity contribution in [2.45, 2.75) is 0 Å². The SMILES string of the molecule is COc1cc(F)c(-c2c3ccccc3c(-c3c(F)cc(OC)cc3F)c3c(F)ccc(F)c23)c(F)c1. The van der Waals surface area contributed by atoms with Gasteiger partial charge in [-0.1, -0.05) is 24.3 Å². The first-order valence-electron chi connectivity index (χ1n) is 10.7. The predicted octanol–water partition coefficient (Wildman–Crippen LogP) is 8.18. The van der Waals surface area contributed by atoms with Crippen molar-refractivity contribution in [2.75, 3.05) is 14.2 Å². The van der Waals surface area contributed by atoms with Gasteiger partial charge < -0.3 is 9.47 Å². The van der Waals surface area contributed by atoms with Crippen LogP contribution < -0.4 is 9.47 Å². The standard InChI is InChI=1S/C28H16F6O2/c1-35-13-9-19(31)25(20(32)10-13)23-15-5-3-4-6-16(15)24(28-18(30)8-7-17(29)27(23)28)26-21(33)11-14(36-2)12-22(26)34/h3-12H,1-2H3. The van der Waals surface area contributed by atoms with Gasteiger partial charge in [-0.3, -0.25) is 0 Å². The Balaban J connectivity index is 2.06. The maximum Gasteiger partial charge on any atom is 0.137 e. The van der Waals surface area contributed by atoms with E-state index in [9.17, 15) is 0 Å². The highest BCUT2D eigenvalue weighted by Gasteiger charge is 2.28. The van der Waals surface area contributed by atoms with E-state index in [1.165, 1.54) is 38.5 Å². The smallest absolute Gasteiger partial charge is 0.137 e. The minimum Gasteiger partial charge on any atom is -0.497 e. The molecule has 8 heteroatoms. The average molecular weight is 498 g/mol. The lowest BCUT2D eigenvalue weighted by Gasteiger charge is -2.20. The fourth-order valence-electron chi connectivity index (χ4n) is 4.56. The number of hydrogen-bond acceptors (Lipinski definition) is 2. The van der Waals surface area contributed by atoms with Gasteiger partial charge in [0.15, 0.2) is 0 Å². The topological polar surface area (TPSA) is 18.5 Å². The molecule has 0 aromatic heterocycles. The lowest BCUT2D eigenvalue weighted by atomic mass is 9.85. The third-order valence-electron chi connectivity index (χ3n) is 6.07. The van der Waals surface area contributed by atoms with Crippen molar-refractivity contribution < 1.29 is 35.8 Å². The van der Waals surface area contributed by atoms with Gasteiger partial charge in [-0.25, -0.2) is 26.3 Å². The highest BCUT2D eigenvalue weighted by molar-refractivity contribution is 6.21. The zero-order valence-electron chi connectivity index (χ0n) is 18.9. The molecular formula is C28H16F6O2. The highest BCUT2D eigenvalue weighted by atomic mass is 19.2. The molecule has 0 aliphatic rings. The molecule has 5 aromatic carbocycles. The van der Waals surface area contributed by atoms with Crippen molar-refractivity contribution in [1.82, 2.24) is 0 Å². The second kappa shape index (κ2) is 8.78. The molecule has 0 saturated carbocycles. The van der Waals surface area contributed by atoms with Gasteiger partial charge in [0.1, 0.15) is 46.4 Å². The largest absolute Gasteiger partial charge is 0.497 e. The van der Waals surface area contributed by atoms with Gasteiger partial charge in [-0.2, -0.15) is 0 Å². The van der Waals surface area contributed by atoms with E-state index in [0.29, 0.717) is 0 Å². The Hall–Kier alpha value is -4.20. The molecule has 0 N–H and O–H groups in total. The molecule has 2 nitrogen and oxygen atoms in total. The first kappa shape index (κ1) is 23.5. The summed E-state index contributed by atoms with van der Waals surface area (Å²) in [5.74, 6) is -6.64. The first-order valence-corrected chi connectivity index (χ1v) is 10.7. The summed E-state index contributed by atoms with van der Waals surface area (Å²) in [6.07, 6.45) is 0. The summed E-state index contributed by atoms with van der Waals surface area (Å²) in [7, 11) is 2.45. The summed E-state index contributed by atoms with van der Waals surface area (Å²) in [5.41, 5.74) is -1.87. The summed E-state index contributed by atoms with van der Waals surface area (Å²) >= 11 is 0. The van der Waals surface area contributed by atoms with Crippen LogP contribution in [0, 0.1) is 34.9 Å². The van der Waals surface area contributed by atoms with Crippen LogP contribution in [0.4, 0.5) is 26.3 Å². The Bertz CT molecular complexity index is 1510. The zero-order chi connectivity index (χ0) is 25.7. The number of ether oxygens (including phenoxy) is 2. The van der Waals surface area contributed by atoms with E-state index in [4.69, 9.17) is 9.47 Å². The van der Waals surface area contributed by atoms with E-state index in [2.05, 4.69) is 0 Å². The number of halogens is 6. The number of fused-ring (bicyclic) bond motifs is 2. The predicted molar refractivity (Wildman–Crippen MR) is 125 cm³/mol. The first-order chi connectivity index (χ1) is 17.3. The Morgan fingerprint density at radius 2 is 0.778 bits per heavy atom. The normalized spacial score (nSPS) is 11.3.